The van der Waals surface area contributed by atoms with Crippen molar-refractivity contribution in [3.05, 3.63) is 159 Å². The van der Waals surface area contributed by atoms with Crippen LogP contribution in [-0.2, 0) is 4.79 Å². The molecule has 10 heteroatoms. The number of rotatable bonds is 10. The number of hydrogen-bond donors (Lipinski definition) is 2. The number of hydrogen-bond acceptors (Lipinski definition) is 7. The fourth-order valence-corrected chi connectivity index (χ4v) is 3.56. The van der Waals surface area contributed by atoms with E-state index in [0.29, 0.717) is 11.1 Å². The van der Waals surface area contributed by atoms with Crippen molar-refractivity contribution in [2.45, 2.75) is 0 Å². The van der Waals surface area contributed by atoms with Gasteiger partial charge in [0.05, 0.1) is 16.7 Å². The molecule has 0 aliphatic carbocycles. The summed E-state index contributed by atoms with van der Waals surface area (Å²) in [6, 6.07) is 29.4. The summed E-state index contributed by atoms with van der Waals surface area (Å²) in [6.45, 7) is 0. The van der Waals surface area contributed by atoms with Gasteiger partial charge in [-0.2, -0.15) is 5.10 Å². The molecule has 0 aliphatic rings. The van der Waals surface area contributed by atoms with Gasteiger partial charge in [0.25, 0.3) is 17.5 Å². The van der Waals surface area contributed by atoms with Crippen LogP contribution in [0.4, 0.5) is 5.69 Å². The van der Waals surface area contributed by atoms with Crippen LogP contribution in [0.5, 0.6) is 5.75 Å². The molecule has 0 aliphatic heterocycles. The van der Waals surface area contributed by atoms with Crippen molar-refractivity contribution in [3.63, 3.8) is 0 Å². The summed E-state index contributed by atoms with van der Waals surface area (Å²) in [5, 5.41) is 17.4. The van der Waals surface area contributed by atoms with E-state index in [9.17, 15) is 24.5 Å². The van der Waals surface area contributed by atoms with Crippen LogP contribution < -0.4 is 15.5 Å². The van der Waals surface area contributed by atoms with Gasteiger partial charge in [-0.1, -0.05) is 72.8 Å². The standard InChI is InChI=1S/C32H24N4O6/c37-30(24-13-5-2-6-14-24)34-28(16-9-12-23-10-3-1-4-11-23)31(38)35-33-22-26-15-7-8-17-29(26)42-32(39)25-18-20-27(21-19-25)36(40)41/h1-22H,(H,34,37)(H,35,38)/b12-9+,28-16-,33-22-. The highest BCUT2D eigenvalue weighted by atomic mass is 16.6. The van der Waals surface area contributed by atoms with Gasteiger partial charge in [0, 0.05) is 23.3 Å². The summed E-state index contributed by atoms with van der Waals surface area (Å²) in [6.07, 6.45) is 6.15. The first-order valence-corrected chi connectivity index (χ1v) is 12.6. The number of nitrogens with zero attached hydrogens (tertiary/aromatic N) is 2. The number of para-hydroxylation sites is 1. The molecule has 0 bridgehead atoms. The number of nitro benzene ring substituents is 1. The lowest BCUT2D eigenvalue weighted by molar-refractivity contribution is -0.384. The average molecular weight is 561 g/mol. The molecular formula is C32H24N4O6. The Morgan fingerprint density at radius 2 is 1.43 bits per heavy atom. The highest BCUT2D eigenvalue weighted by Crippen LogP contribution is 2.19. The summed E-state index contributed by atoms with van der Waals surface area (Å²) >= 11 is 0. The number of esters is 1. The zero-order valence-electron chi connectivity index (χ0n) is 22.0. The Morgan fingerprint density at radius 1 is 0.786 bits per heavy atom. The Labute approximate surface area is 240 Å². The van der Waals surface area contributed by atoms with Gasteiger partial charge in [0.2, 0.25) is 0 Å². The van der Waals surface area contributed by atoms with Crippen molar-refractivity contribution in [3.8, 4) is 5.75 Å². The minimum Gasteiger partial charge on any atom is -0.422 e. The number of benzene rings is 4. The highest BCUT2D eigenvalue weighted by molar-refractivity contribution is 6.03. The SMILES string of the molecule is O=C(N/N=C\c1ccccc1OC(=O)c1ccc([N+](=O)[O-])cc1)/C(=C/C=C/c1ccccc1)NC(=O)c1ccccc1. The summed E-state index contributed by atoms with van der Waals surface area (Å²) in [5.41, 5.74) is 3.94. The smallest absolute Gasteiger partial charge is 0.343 e. The molecule has 2 N–H and O–H groups in total. The number of allylic oxidation sites excluding steroid dienone is 2. The van der Waals surface area contributed by atoms with E-state index in [1.54, 1.807) is 60.7 Å². The second-order valence-electron chi connectivity index (χ2n) is 8.60. The fourth-order valence-electron chi connectivity index (χ4n) is 3.56. The maximum Gasteiger partial charge on any atom is 0.343 e. The summed E-state index contributed by atoms with van der Waals surface area (Å²) in [7, 11) is 0. The summed E-state index contributed by atoms with van der Waals surface area (Å²) in [5.74, 6) is -1.74. The van der Waals surface area contributed by atoms with E-state index >= 15 is 0 Å². The molecule has 208 valence electrons. The molecule has 10 nitrogen and oxygen atoms in total. The van der Waals surface area contributed by atoms with Crippen molar-refractivity contribution < 1.29 is 24.0 Å². The molecule has 0 atom stereocenters. The van der Waals surface area contributed by atoms with Crippen molar-refractivity contribution in [1.82, 2.24) is 10.7 Å². The Bertz CT molecular complexity index is 1660. The van der Waals surface area contributed by atoms with E-state index in [1.807, 2.05) is 30.3 Å². The molecule has 0 saturated carbocycles. The van der Waals surface area contributed by atoms with Crippen LogP contribution >= 0.6 is 0 Å². The third-order valence-electron chi connectivity index (χ3n) is 5.69. The number of nitrogens with one attached hydrogen (secondary N) is 2. The Balaban J connectivity index is 1.47. The minimum atomic E-state index is -0.728. The molecule has 0 radical (unpaired) electrons. The average Bonchev–Trinajstić information content (AvgIpc) is 3.02. The topological polar surface area (TPSA) is 140 Å². The second kappa shape index (κ2) is 14.3. The van der Waals surface area contributed by atoms with Crippen molar-refractivity contribution in [2.75, 3.05) is 0 Å². The first kappa shape index (κ1) is 28.8. The molecule has 4 aromatic carbocycles. The van der Waals surface area contributed by atoms with Crippen LogP contribution in [0.25, 0.3) is 6.08 Å². The number of carbonyl (C=O) groups is 3. The van der Waals surface area contributed by atoms with E-state index in [-0.39, 0.29) is 22.7 Å². The van der Waals surface area contributed by atoms with E-state index in [1.165, 1.54) is 42.6 Å². The van der Waals surface area contributed by atoms with E-state index < -0.39 is 22.7 Å². The Morgan fingerprint density at radius 3 is 2.12 bits per heavy atom. The molecule has 2 amide bonds. The quantitative estimate of drug-likeness (QED) is 0.0514. The van der Waals surface area contributed by atoms with Gasteiger partial charge in [-0.25, -0.2) is 10.2 Å². The molecule has 0 aromatic heterocycles. The first-order chi connectivity index (χ1) is 20.4. The monoisotopic (exact) mass is 560 g/mol. The van der Waals surface area contributed by atoms with Crippen LogP contribution in [0.2, 0.25) is 0 Å². The van der Waals surface area contributed by atoms with Crippen molar-refractivity contribution in [2.24, 2.45) is 5.10 Å². The largest absolute Gasteiger partial charge is 0.422 e. The van der Waals surface area contributed by atoms with Gasteiger partial charge in [0.1, 0.15) is 11.4 Å². The first-order valence-electron chi connectivity index (χ1n) is 12.6. The molecule has 0 spiro atoms. The third kappa shape index (κ3) is 8.17. The van der Waals surface area contributed by atoms with Crippen molar-refractivity contribution >= 4 is 35.8 Å². The predicted octanol–water partition coefficient (Wildman–Crippen LogP) is 5.29. The molecule has 4 rings (SSSR count). The zero-order valence-corrected chi connectivity index (χ0v) is 22.0. The summed E-state index contributed by atoms with van der Waals surface area (Å²) < 4.78 is 5.44. The van der Waals surface area contributed by atoms with Gasteiger partial charge >= 0.3 is 5.97 Å². The van der Waals surface area contributed by atoms with Crippen LogP contribution in [0.3, 0.4) is 0 Å². The Kier molecular flexibility index (Phi) is 9.81. The lowest BCUT2D eigenvalue weighted by Gasteiger charge is -2.09. The van der Waals surface area contributed by atoms with Gasteiger partial charge in [-0.05, 0) is 48.0 Å². The number of nitro groups is 1. The molecular weight excluding hydrogens is 536 g/mol. The molecule has 0 heterocycles. The maximum atomic E-state index is 13.0. The van der Waals surface area contributed by atoms with E-state index in [4.69, 9.17) is 4.74 Å². The zero-order chi connectivity index (χ0) is 29.7. The van der Waals surface area contributed by atoms with Gasteiger partial charge in [0.15, 0.2) is 0 Å². The van der Waals surface area contributed by atoms with Gasteiger partial charge < -0.3 is 10.1 Å². The lowest BCUT2D eigenvalue weighted by Crippen LogP contribution is -2.32. The van der Waals surface area contributed by atoms with Crippen LogP contribution in [-0.4, -0.2) is 28.9 Å². The van der Waals surface area contributed by atoms with E-state index in [0.717, 1.165) is 5.56 Å². The van der Waals surface area contributed by atoms with Crippen LogP contribution in [0.1, 0.15) is 31.8 Å². The number of hydrazone groups is 1. The normalized spacial score (nSPS) is 11.3. The molecule has 0 fully saturated rings. The second-order valence-corrected chi connectivity index (χ2v) is 8.60. The predicted molar refractivity (Wildman–Crippen MR) is 158 cm³/mol. The van der Waals surface area contributed by atoms with Gasteiger partial charge in [-0.15, -0.1) is 0 Å². The molecule has 0 unspecified atom stereocenters. The number of non-ortho nitro benzene ring substituents is 1. The summed E-state index contributed by atoms with van der Waals surface area (Å²) in [4.78, 5) is 48.6. The number of amides is 2. The molecule has 4 aromatic rings. The van der Waals surface area contributed by atoms with Crippen molar-refractivity contribution in [1.29, 1.82) is 0 Å². The Hall–Kier alpha value is -6.16. The van der Waals surface area contributed by atoms with Gasteiger partial charge in [-0.3, -0.25) is 19.7 Å². The fraction of sp³-hybridized carbons (Fsp3) is 0. The van der Waals surface area contributed by atoms with Crippen LogP contribution in [0, 0.1) is 10.1 Å². The maximum absolute atomic E-state index is 13.0. The third-order valence-corrected chi connectivity index (χ3v) is 5.69. The molecule has 0 saturated heterocycles. The number of carbonyl (C=O) groups excluding carboxylic acids is 3. The van der Waals surface area contributed by atoms with E-state index in [2.05, 4.69) is 15.8 Å². The highest BCUT2D eigenvalue weighted by Gasteiger charge is 2.15. The number of ether oxygens (including phenoxy) is 1. The molecule has 42 heavy (non-hydrogen) atoms. The minimum absolute atomic E-state index is 0.0499. The van der Waals surface area contributed by atoms with Crippen LogP contribution in [0.15, 0.2) is 132 Å². The lowest BCUT2D eigenvalue weighted by atomic mass is 10.2.